The standard InChI is InChI=1S/C61H72ClN13O15/c1-37(2)54(74-50(76)20-24-85-27-29-87-31-32-88-30-28-86-26-23-75-51(77)18-19-52(75)78)58(80)71-47(11-6-21-64-60(63)83)57(79)69-40-14-12-39(13-15-40)36-90-61(84)65-22-25-89-41-33-48-43(66-34-41)16-17-46(70-48)56-55(45-10-4-7-38(3)68-45)72-49(73-56)35-67-44-9-5-8-42(53(44)62)59(81)82/h4-5,7-10,12-19,33-34,37,47,54,67H,6,11,20-32,35-36H2,1-3H3,(H,65,84)(H,69,79)(H,71,80)(H,72,73)(H,74,76)(H,81,82)(H3,63,64,83). The minimum Gasteiger partial charge on any atom is -0.490 e. The number of pyridine rings is 3. The van der Waals surface area contributed by atoms with Crippen LogP contribution >= 0.6 is 11.6 Å². The van der Waals surface area contributed by atoms with Crippen LogP contribution in [0.4, 0.5) is 21.0 Å². The fourth-order valence-corrected chi connectivity index (χ4v) is 9.04. The average Bonchev–Trinajstić information content (AvgIpc) is 1.80. The summed E-state index contributed by atoms with van der Waals surface area (Å²) in [5.41, 5.74) is 10.8. The molecule has 6 aromatic rings. The number of halogens is 1. The second-order valence-electron chi connectivity index (χ2n) is 20.5. The molecule has 0 spiro atoms. The number of aromatic amines is 1. The molecule has 29 heteroatoms. The van der Waals surface area contributed by atoms with Gasteiger partial charge in [-0.1, -0.05) is 49.7 Å². The van der Waals surface area contributed by atoms with E-state index in [1.165, 1.54) is 18.2 Å². The highest BCUT2D eigenvalue weighted by molar-refractivity contribution is 6.36. The summed E-state index contributed by atoms with van der Waals surface area (Å²) in [6.07, 6.45) is 3.62. The minimum absolute atomic E-state index is 0.0349. The van der Waals surface area contributed by atoms with Crippen molar-refractivity contribution in [2.75, 3.05) is 89.7 Å². The van der Waals surface area contributed by atoms with Crippen molar-refractivity contribution in [2.24, 2.45) is 11.7 Å². The smallest absolute Gasteiger partial charge is 0.407 e. The molecule has 10 N–H and O–H groups in total. The van der Waals surface area contributed by atoms with Crippen LogP contribution in [0.25, 0.3) is 33.8 Å². The molecular formula is C61H72ClN13O15. The van der Waals surface area contributed by atoms with Gasteiger partial charge in [-0.3, -0.25) is 38.8 Å². The van der Waals surface area contributed by atoms with Gasteiger partial charge in [-0.05, 0) is 79.8 Å². The molecule has 478 valence electrons. The number of carbonyl (C=O) groups is 8. The lowest BCUT2D eigenvalue weighted by Gasteiger charge is -2.25. The Morgan fingerprint density at radius 2 is 1.44 bits per heavy atom. The van der Waals surface area contributed by atoms with Gasteiger partial charge in [0, 0.05) is 42.6 Å². The molecule has 0 bridgehead atoms. The summed E-state index contributed by atoms with van der Waals surface area (Å²) in [6.45, 7) is 7.80. The van der Waals surface area contributed by atoms with Gasteiger partial charge in [-0.25, -0.2) is 24.4 Å². The van der Waals surface area contributed by atoms with E-state index in [-0.39, 0.29) is 120 Å². The number of aromatic nitrogens is 5. The number of carbonyl (C=O) groups excluding carboxylic acids is 7. The maximum atomic E-state index is 13.7. The van der Waals surface area contributed by atoms with Crippen LogP contribution in [0.1, 0.15) is 60.5 Å². The number of anilines is 2. The molecule has 0 fully saturated rings. The molecule has 2 unspecified atom stereocenters. The van der Waals surface area contributed by atoms with Crippen LogP contribution < -0.4 is 42.4 Å². The van der Waals surface area contributed by atoms with E-state index >= 15 is 0 Å². The molecule has 8 amide bonds. The number of alkyl carbamates (subject to hydrolysis) is 1. The van der Waals surface area contributed by atoms with Gasteiger partial charge < -0.3 is 76.1 Å². The van der Waals surface area contributed by atoms with Gasteiger partial charge >= 0.3 is 18.1 Å². The van der Waals surface area contributed by atoms with Crippen molar-refractivity contribution < 1.29 is 71.9 Å². The lowest BCUT2D eigenvalue weighted by atomic mass is 10.0. The molecule has 7 rings (SSSR count). The van der Waals surface area contributed by atoms with E-state index in [2.05, 4.69) is 41.9 Å². The lowest BCUT2D eigenvalue weighted by Crippen LogP contribution is -2.54. The molecule has 4 aromatic heterocycles. The van der Waals surface area contributed by atoms with Crippen molar-refractivity contribution in [2.45, 2.75) is 65.3 Å². The van der Waals surface area contributed by atoms with Crippen LogP contribution in [0.2, 0.25) is 5.02 Å². The molecule has 0 aliphatic carbocycles. The normalized spacial score (nSPS) is 12.6. The molecular weight excluding hydrogens is 1190 g/mol. The van der Waals surface area contributed by atoms with Crippen LogP contribution in [0.3, 0.4) is 0 Å². The number of amides is 8. The first-order valence-electron chi connectivity index (χ1n) is 28.9. The number of nitrogens with zero attached hydrogens (tertiary/aromatic N) is 5. The molecule has 2 aromatic carbocycles. The number of nitrogens with one attached hydrogen (secondary N) is 7. The number of hydrogen-bond acceptors (Lipinski definition) is 19. The SMILES string of the molecule is Cc1cccc(-c2nc(CNc3cccc(C(=O)O)c3Cl)[nH]c2-c2ccc3ncc(OCCNC(=O)OCc4ccc(NC(=O)C(CCCNC(N)=O)NC(=O)C(NC(=O)CCOCCOCCOCCOCCN5C(=O)C=CC5=O)C(C)C)cc4)cc3n2)n1. The fraction of sp³-hybridized carbons (Fsp3) is 0.377. The highest BCUT2D eigenvalue weighted by Crippen LogP contribution is 2.31. The maximum Gasteiger partial charge on any atom is 0.407 e. The van der Waals surface area contributed by atoms with Crippen molar-refractivity contribution in [3.05, 3.63) is 125 Å². The summed E-state index contributed by atoms with van der Waals surface area (Å²) < 4.78 is 33.2. The summed E-state index contributed by atoms with van der Waals surface area (Å²) in [7, 11) is 0. The largest absolute Gasteiger partial charge is 0.490 e. The number of ether oxygens (including phenoxy) is 6. The number of benzene rings is 2. The third-order valence-electron chi connectivity index (χ3n) is 13.4. The third-order valence-corrected chi connectivity index (χ3v) is 13.8. The fourth-order valence-electron chi connectivity index (χ4n) is 8.77. The monoisotopic (exact) mass is 1260 g/mol. The summed E-state index contributed by atoms with van der Waals surface area (Å²) in [6, 6.07) is 19.3. The third kappa shape index (κ3) is 21.3. The van der Waals surface area contributed by atoms with Crippen molar-refractivity contribution in [1.29, 1.82) is 0 Å². The molecule has 1 aliphatic rings. The first kappa shape index (κ1) is 67.9. The second-order valence-corrected chi connectivity index (χ2v) is 20.9. The number of urea groups is 1. The van der Waals surface area contributed by atoms with Gasteiger partial charge in [0.1, 0.15) is 42.6 Å². The summed E-state index contributed by atoms with van der Waals surface area (Å²) in [5, 5.41) is 26.2. The Balaban J connectivity index is 0.815. The van der Waals surface area contributed by atoms with Crippen LogP contribution in [-0.2, 0) is 60.8 Å². The number of fused-ring (bicyclic) bond motifs is 1. The number of carboxylic acids is 1. The number of hydrogen-bond donors (Lipinski definition) is 9. The van der Waals surface area contributed by atoms with Crippen molar-refractivity contribution in [1.82, 2.24) is 51.1 Å². The number of H-pyrrole nitrogens is 1. The summed E-state index contributed by atoms with van der Waals surface area (Å²) >= 11 is 6.39. The van der Waals surface area contributed by atoms with Crippen molar-refractivity contribution in [3.8, 4) is 28.5 Å². The van der Waals surface area contributed by atoms with Gasteiger partial charge in [0.2, 0.25) is 17.7 Å². The van der Waals surface area contributed by atoms with Gasteiger partial charge in [0.05, 0.1) is 123 Å². The number of imidazole rings is 1. The number of nitrogens with two attached hydrogens (primary N) is 1. The number of primary amides is 1. The lowest BCUT2D eigenvalue weighted by molar-refractivity contribution is -0.137. The first-order valence-corrected chi connectivity index (χ1v) is 29.3. The van der Waals surface area contributed by atoms with Gasteiger partial charge in [-0.2, -0.15) is 0 Å². The van der Waals surface area contributed by atoms with Crippen LogP contribution in [-0.4, -0.2) is 174 Å². The molecule has 90 heavy (non-hydrogen) atoms. The highest BCUT2D eigenvalue weighted by Gasteiger charge is 2.29. The van der Waals surface area contributed by atoms with Crippen LogP contribution in [0, 0.1) is 12.8 Å². The van der Waals surface area contributed by atoms with Crippen LogP contribution in [0.5, 0.6) is 5.75 Å². The predicted octanol–water partition coefficient (Wildman–Crippen LogP) is 5.05. The average molecular weight is 1260 g/mol. The van der Waals surface area contributed by atoms with E-state index in [4.69, 9.17) is 60.7 Å². The van der Waals surface area contributed by atoms with E-state index in [9.17, 15) is 43.5 Å². The number of aryl methyl sites for hydroxylation is 1. The van der Waals surface area contributed by atoms with E-state index in [1.807, 2.05) is 31.2 Å². The molecule has 0 saturated heterocycles. The van der Waals surface area contributed by atoms with E-state index < -0.39 is 47.9 Å². The van der Waals surface area contributed by atoms with Gasteiger partial charge in [0.15, 0.2) is 0 Å². The summed E-state index contributed by atoms with van der Waals surface area (Å²) in [4.78, 5) is 122. The molecule has 28 nitrogen and oxygen atoms in total. The van der Waals surface area contributed by atoms with Crippen molar-refractivity contribution in [3.63, 3.8) is 0 Å². The Morgan fingerprint density at radius 1 is 0.744 bits per heavy atom. The second kappa shape index (κ2) is 34.8. The number of rotatable bonds is 37. The number of carboxylic acid groups (broad SMARTS) is 1. The molecule has 1 aliphatic heterocycles. The number of aromatic carboxylic acids is 1. The molecule has 5 heterocycles. The Bertz CT molecular complexity index is 3480. The Kier molecular flexibility index (Phi) is 26.3. The quantitative estimate of drug-likeness (QED) is 0.0182. The number of imide groups is 1. The Hall–Kier alpha value is -9.61. The van der Waals surface area contributed by atoms with E-state index in [0.29, 0.717) is 82.1 Å². The maximum absolute atomic E-state index is 13.7. The topological polar surface area (TPSA) is 381 Å². The molecule has 0 saturated carbocycles. The van der Waals surface area contributed by atoms with Crippen LogP contribution in [0.15, 0.2) is 97.2 Å². The predicted molar refractivity (Wildman–Crippen MR) is 329 cm³/mol. The Morgan fingerprint density at radius 3 is 2.13 bits per heavy atom. The molecule has 0 radical (unpaired) electrons. The minimum atomic E-state index is -1.15. The van der Waals surface area contributed by atoms with Gasteiger partial charge in [0.25, 0.3) is 11.8 Å². The summed E-state index contributed by atoms with van der Waals surface area (Å²) in [5.74, 6) is -2.93. The van der Waals surface area contributed by atoms with Crippen molar-refractivity contribution >= 4 is 81.6 Å². The van der Waals surface area contributed by atoms with E-state index in [1.54, 1.807) is 68.6 Å². The first-order chi connectivity index (χ1) is 43.4. The highest BCUT2D eigenvalue weighted by atomic mass is 35.5. The zero-order valence-corrected chi connectivity index (χ0v) is 50.6. The van der Waals surface area contributed by atoms with E-state index in [0.717, 1.165) is 10.6 Å². The zero-order chi connectivity index (χ0) is 64.4. The zero-order valence-electron chi connectivity index (χ0n) is 49.8. The Labute approximate surface area is 522 Å². The van der Waals surface area contributed by atoms with Gasteiger partial charge in [-0.15, -0.1) is 0 Å². The molecule has 2 atom stereocenters.